The Labute approximate surface area is 170 Å². The Balaban J connectivity index is 1.50. The second kappa shape index (κ2) is 7.45. The molecule has 4 nitrogen and oxygen atoms in total. The number of benzene rings is 1. The van der Waals surface area contributed by atoms with Gasteiger partial charge in [-0.2, -0.15) is 0 Å². The van der Waals surface area contributed by atoms with Crippen LogP contribution in [0.15, 0.2) is 42.0 Å². The molecule has 2 aliphatic heterocycles. The lowest BCUT2D eigenvalue weighted by molar-refractivity contribution is 0.310. The Morgan fingerprint density at radius 2 is 1.89 bits per heavy atom. The quantitative estimate of drug-likeness (QED) is 0.646. The van der Waals surface area contributed by atoms with Gasteiger partial charge in [0.05, 0.1) is 5.39 Å². The minimum atomic E-state index is 0.316. The first-order valence-electron chi connectivity index (χ1n) is 10.5. The lowest BCUT2D eigenvalue weighted by atomic mass is 9.86. The summed E-state index contributed by atoms with van der Waals surface area (Å²) in [7, 11) is 0. The van der Waals surface area contributed by atoms with Crippen LogP contribution in [0, 0.1) is 5.92 Å². The van der Waals surface area contributed by atoms with E-state index in [-0.39, 0.29) is 0 Å². The van der Waals surface area contributed by atoms with Gasteiger partial charge in [0, 0.05) is 29.1 Å². The van der Waals surface area contributed by atoms with E-state index in [1.54, 1.807) is 17.7 Å². The molecule has 0 spiro atoms. The maximum atomic E-state index is 6.01. The first-order chi connectivity index (χ1) is 13.7. The standard InChI is InChI=1S/C23H28N4S/c1-15(24)7-8-16-11-18-9-10-19(12-16)27(18)22-21-20(17-5-3-2-4-6-17)13-28-23(21)26-14-25-22/h2-6,13-16,18-19H,7-12,24H2,1H3. The average Bonchev–Trinajstić information content (AvgIpc) is 3.26. The van der Waals surface area contributed by atoms with Crippen molar-refractivity contribution in [1.29, 1.82) is 0 Å². The maximum Gasteiger partial charge on any atom is 0.141 e. The molecule has 4 heterocycles. The van der Waals surface area contributed by atoms with Gasteiger partial charge in [-0.3, -0.25) is 0 Å². The van der Waals surface area contributed by atoms with Crippen LogP contribution in [-0.2, 0) is 0 Å². The molecular weight excluding hydrogens is 364 g/mol. The molecule has 3 atom stereocenters. The zero-order valence-electron chi connectivity index (χ0n) is 16.4. The van der Waals surface area contributed by atoms with E-state index < -0.39 is 0 Å². The first-order valence-corrected chi connectivity index (χ1v) is 11.4. The number of piperidine rings is 1. The third kappa shape index (κ3) is 3.20. The minimum Gasteiger partial charge on any atom is -0.350 e. The zero-order valence-corrected chi connectivity index (χ0v) is 17.2. The summed E-state index contributed by atoms with van der Waals surface area (Å²) in [6, 6.07) is 12.2. The molecule has 2 fully saturated rings. The molecule has 2 N–H and O–H groups in total. The Hall–Kier alpha value is -1.98. The van der Waals surface area contributed by atoms with Crippen LogP contribution in [0.3, 0.4) is 0 Å². The Morgan fingerprint density at radius 3 is 2.61 bits per heavy atom. The van der Waals surface area contributed by atoms with Crippen molar-refractivity contribution in [3.05, 3.63) is 42.0 Å². The number of thiophene rings is 1. The topological polar surface area (TPSA) is 55.0 Å². The molecule has 5 heteroatoms. The predicted octanol–water partition coefficient (Wildman–Crippen LogP) is 5.23. The largest absolute Gasteiger partial charge is 0.350 e. The number of hydrogen-bond donors (Lipinski definition) is 1. The fourth-order valence-electron chi connectivity index (χ4n) is 5.26. The summed E-state index contributed by atoms with van der Waals surface area (Å²) < 4.78 is 0. The van der Waals surface area contributed by atoms with Gasteiger partial charge in [0.25, 0.3) is 0 Å². The summed E-state index contributed by atoms with van der Waals surface area (Å²) in [6.07, 6.45) is 9.30. The van der Waals surface area contributed by atoms with Crippen LogP contribution in [0.25, 0.3) is 21.3 Å². The van der Waals surface area contributed by atoms with E-state index in [9.17, 15) is 0 Å². The molecule has 3 unspecified atom stereocenters. The second-order valence-corrected chi connectivity index (χ2v) is 9.44. The minimum absolute atomic E-state index is 0.316. The number of nitrogens with two attached hydrogens (primary N) is 1. The van der Waals surface area contributed by atoms with E-state index in [0.717, 1.165) is 23.0 Å². The van der Waals surface area contributed by atoms with Gasteiger partial charge in [0.15, 0.2) is 0 Å². The van der Waals surface area contributed by atoms with Crippen LogP contribution >= 0.6 is 11.3 Å². The van der Waals surface area contributed by atoms with Crippen LogP contribution in [-0.4, -0.2) is 28.1 Å². The van der Waals surface area contributed by atoms with Gasteiger partial charge in [0.2, 0.25) is 0 Å². The predicted molar refractivity (Wildman–Crippen MR) is 118 cm³/mol. The molecule has 3 aromatic rings. The van der Waals surface area contributed by atoms with E-state index in [1.165, 1.54) is 48.6 Å². The van der Waals surface area contributed by atoms with Gasteiger partial charge in [-0.1, -0.05) is 30.3 Å². The van der Waals surface area contributed by atoms with Crippen LogP contribution in [0.1, 0.15) is 45.4 Å². The van der Waals surface area contributed by atoms with Gasteiger partial charge >= 0.3 is 0 Å². The van der Waals surface area contributed by atoms with Crippen molar-refractivity contribution in [3.8, 4) is 11.1 Å². The number of aromatic nitrogens is 2. The molecule has 28 heavy (non-hydrogen) atoms. The molecule has 1 aromatic carbocycles. The van der Waals surface area contributed by atoms with Gasteiger partial charge in [-0.15, -0.1) is 11.3 Å². The van der Waals surface area contributed by atoms with Crippen LogP contribution < -0.4 is 10.6 Å². The zero-order chi connectivity index (χ0) is 19.1. The molecule has 0 saturated carbocycles. The summed E-state index contributed by atoms with van der Waals surface area (Å²) in [4.78, 5) is 13.2. The van der Waals surface area contributed by atoms with E-state index in [0.29, 0.717) is 18.1 Å². The number of fused-ring (bicyclic) bond motifs is 3. The third-order valence-corrected chi connectivity index (χ3v) is 7.43. The molecule has 2 aromatic heterocycles. The molecule has 2 saturated heterocycles. The third-order valence-electron chi connectivity index (χ3n) is 6.54. The summed E-state index contributed by atoms with van der Waals surface area (Å²) in [6.45, 7) is 2.13. The normalized spacial score (nSPS) is 25.4. The molecule has 2 aliphatic rings. The number of hydrogen-bond acceptors (Lipinski definition) is 5. The van der Waals surface area contributed by atoms with Gasteiger partial charge in [0.1, 0.15) is 17.0 Å². The second-order valence-electron chi connectivity index (χ2n) is 8.58. The van der Waals surface area contributed by atoms with Crippen LogP contribution in [0.4, 0.5) is 5.82 Å². The molecular formula is C23H28N4S. The van der Waals surface area contributed by atoms with Crippen molar-refractivity contribution in [2.45, 2.75) is 63.6 Å². The van der Waals surface area contributed by atoms with Crippen molar-refractivity contribution >= 4 is 27.4 Å². The fourth-order valence-corrected chi connectivity index (χ4v) is 6.17. The Kier molecular flexibility index (Phi) is 4.81. The first kappa shape index (κ1) is 18.1. The summed E-state index contributed by atoms with van der Waals surface area (Å²) >= 11 is 1.73. The smallest absolute Gasteiger partial charge is 0.141 e. The van der Waals surface area contributed by atoms with Crippen molar-refractivity contribution in [3.63, 3.8) is 0 Å². The van der Waals surface area contributed by atoms with Crippen molar-refractivity contribution in [2.24, 2.45) is 11.7 Å². The fraction of sp³-hybridized carbons (Fsp3) is 0.478. The van der Waals surface area contributed by atoms with Crippen molar-refractivity contribution in [1.82, 2.24) is 9.97 Å². The highest BCUT2D eigenvalue weighted by molar-refractivity contribution is 7.17. The average molecular weight is 393 g/mol. The van der Waals surface area contributed by atoms with E-state index in [4.69, 9.17) is 10.7 Å². The summed E-state index contributed by atoms with van der Waals surface area (Å²) in [5.74, 6) is 1.97. The van der Waals surface area contributed by atoms with E-state index in [2.05, 4.69) is 52.5 Å². The molecule has 146 valence electrons. The molecule has 5 rings (SSSR count). The van der Waals surface area contributed by atoms with Crippen molar-refractivity contribution in [2.75, 3.05) is 4.90 Å². The Bertz CT molecular complexity index is 938. The summed E-state index contributed by atoms with van der Waals surface area (Å²) in [5, 5.41) is 3.49. The van der Waals surface area contributed by atoms with E-state index >= 15 is 0 Å². The highest BCUT2D eigenvalue weighted by Crippen LogP contribution is 2.46. The molecule has 0 radical (unpaired) electrons. The molecule has 2 bridgehead atoms. The lowest BCUT2D eigenvalue weighted by Crippen LogP contribution is -2.43. The van der Waals surface area contributed by atoms with Crippen LogP contribution in [0.2, 0.25) is 0 Å². The lowest BCUT2D eigenvalue weighted by Gasteiger charge is -2.40. The number of nitrogens with zero attached hydrogens (tertiary/aromatic N) is 3. The van der Waals surface area contributed by atoms with E-state index in [1.807, 2.05) is 0 Å². The summed E-state index contributed by atoms with van der Waals surface area (Å²) in [5.41, 5.74) is 8.54. The van der Waals surface area contributed by atoms with Gasteiger partial charge < -0.3 is 10.6 Å². The van der Waals surface area contributed by atoms with Gasteiger partial charge in [-0.05, 0) is 56.9 Å². The SMILES string of the molecule is CC(N)CCC1CC2CCC(C1)N2c1ncnc2scc(-c3ccccc3)c12. The number of rotatable bonds is 5. The molecule has 0 amide bonds. The maximum absolute atomic E-state index is 6.01. The van der Waals surface area contributed by atoms with Crippen molar-refractivity contribution < 1.29 is 0 Å². The Morgan fingerprint density at radius 1 is 1.14 bits per heavy atom. The monoisotopic (exact) mass is 392 g/mol. The highest BCUT2D eigenvalue weighted by atomic mass is 32.1. The van der Waals surface area contributed by atoms with Gasteiger partial charge in [-0.25, -0.2) is 9.97 Å². The molecule has 0 aliphatic carbocycles. The van der Waals surface area contributed by atoms with Crippen LogP contribution in [0.5, 0.6) is 0 Å². The highest BCUT2D eigenvalue weighted by Gasteiger charge is 2.42. The number of anilines is 1.